The molecule has 1 aliphatic heterocycles. The van der Waals surface area contributed by atoms with Crippen molar-refractivity contribution in [1.29, 1.82) is 0 Å². The van der Waals surface area contributed by atoms with Gasteiger partial charge in [0, 0.05) is 32.7 Å². The summed E-state index contributed by atoms with van der Waals surface area (Å²) in [5.74, 6) is 1.50. The van der Waals surface area contributed by atoms with Gasteiger partial charge in [0.15, 0.2) is 0 Å². The van der Waals surface area contributed by atoms with Gasteiger partial charge in [-0.2, -0.15) is 0 Å². The first-order valence-corrected chi connectivity index (χ1v) is 9.38. The van der Waals surface area contributed by atoms with Crippen molar-refractivity contribution >= 4 is 17.5 Å². The monoisotopic (exact) mass is 385 g/mol. The molecular formula is C21H27N3O4. The maximum atomic E-state index is 12.0. The van der Waals surface area contributed by atoms with Gasteiger partial charge in [-0.25, -0.2) is 4.79 Å². The fourth-order valence-corrected chi connectivity index (χ4v) is 3.26. The molecule has 0 saturated carbocycles. The third kappa shape index (κ3) is 5.07. The normalized spacial score (nSPS) is 14.4. The summed E-state index contributed by atoms with van der Waals surface area (Å²) < 4.78 is 16.0. The van der Waals surface area contributed by atoms with E-state index in [9.17, 15) is 4.79 Å². The number of piperazine rings is 1. The minimum Gasteiger partial charge on any atom is -0.495 e. The quantitative estimate of drug-likeness (QED) is 0.790. The van der Waals surface area contributed by atoms with Gasteiger partial charge >= 0.3 is 6.09 Å². The van der Waals surface area contributed by atoms with Gasteiger partial charge in [-0.1, -0.05) is 24.3 Å². The highest BCUT2D eigenvalue weighted by Crippen LogP contribution is 2.28. The molecule has 0 bridgehead atoms. The van der Waals surface area contributed by atoms with Gasteiger partial charge in [0.25, 0.3) is 0 Å². The predicted octanol–water partition coefficient (Wildman–Crippen LogP) is 3.07. The maximum Gasteiger partial charge on any atom is 0.411 e. The summed E-state index contributed by atoms with van der Waals surface area (Å²) in [7, 11) is 3.26. The Balaban J connectivity index is 1.40. The fraction of sp³-hybridized carbons (Fsp3) is 0.381. The molecule has 1 aliphatic rings. The summed E-state index contributed by atoms with van der Waals surface area (Å²) in [6.45, 7) is 4.70. The molecule has 150 valence electrons. The van der Waals surface area contributed by atoms with Crippen LogP contribution in [0.25, 0.3) is 0 Å². The van der Waals surface area contributed by atoms with E-state index in [2.05, 4.69) is 21.2 Å². The summed E-state index contributed by atoms with van der Waals surface area (Å²) in [6, 6.07) is 15.3. The van der Waals surface area contributed by atoms with Crippen molar-refractivity contribution in [2.45, 2.75) is 0 Å². The van der Waals surface area contributed by atoms with Crippen LogP contribution in [0.1, 0.15) is 0 Å². The largest absolute Gasteiger partial charge is 0.495 e. The lowest BCUT2D eigenvalue weighted by Gasteiger charge is -2.36. The zero-order valence-electron chi connectivity index (χ0n) is 16.4. The van der Waals surface area contributed by atoms with Gasteiger partial charge in [0.2, 0.25) is 0 Å². The molecule has 1 amide bonds. The Kier molecular flexibility index (Phi) is 6.97. The molecule has 0 spiro atoms. The van der Waals surface area contributed by atoms with Crippen molar-refractivity contribution in [3.8, 4) is 11.5 Å². The highest BCUT2D eigenvalue weighted by molar-refractivity contribution is 5.86. The number of nitrogens with one attached hydrogen (secondary N) is 1. The molecule has 1 heterocycles. The van der Waals surface area contributed by atoms with E-state index >= 15 is 0 Å². The van der Waals surface area contributed by atoms with E-state index in [0.717, 1.165) is 37.6 Å². The number of hydrogen-bond acceptors (Lipinski definition) is 6. The van der Waals surface area contributed by atoms with Gasteiger partial charge in [-0.3, -0.25) is 10.2 Å². The van der Waals surface area contributed by atoms with E-state index in [0.29, 0.717) is 24.6 Å². The van der Waals surface area contributed by atoms with E-state index in [-0.39, 0.29) is 0 Å². The predicted molar refractivity (Wildman–Crippen MR) is 110 cm³/mol. The smallest absolute Gasteiger partial charge is 0.411 e. The summed E-state index contributed by atoms with van der Waals surface area (Å²) in [6.07, 6.45) is -0.475. The third-order valence-corrected chi connectivity index (χ3v) is 4.78. The first-order valence-electron chi connectivity index (χ1n) is 9.38. The molecule has 1 N–H and O–H groups in total. The Morgan fingerprint density at radius 3 is 2.29 bits per heavy atom. The molecule has 7 heteroatoms. The number of ether oxygens (including phenoxy) is 3. The number of para-hydroxylation sites is 4. The lowest BCUT2D eigenvalue weighted by molar-refractivity contribution is 0.137. The van der Waals surface area contributed by atoms with Gasteiger partial charge < -0.3 is 19.1 Å². The van der Waals surface area contributed by atoms with E-state index in [1.54, 1.807) is 26.4 Å². The summed E-state index contributed by atoms with van der Waals surface area (Å²) in [5, 5.41) is 2.71. The maximum absolute atomic E-state index is 12.0. The second-order valence-electron chi connectivity index (χ2n) is 6.46. The van der Waals surface area contributed by atoms with Crippen molar-refractivity contribution in [1.82, 2.24) is 4.90 Å². The zero-order chi connectivity index (χ0) is 19.8. The van der Waals surface area contributed by atoms with Crippen molar-refractivity contribution < 1.29 is 19.0 Å². The van der Waals surface area contributed by atoms with Crippen LogP contribution in [0.15, 0.2) is 48.5 Å². The molecule has 3 rings (SSSR count). The SMILES string of the molecule is COc1ccccc1NC(=O)OCCN1CCN(c2ccccc2OC)CC1. The second-order valence-corrected chi connectivity index (χ2v) is 6.46. The summed E-state index contributed by atoms with van der Waals surface area (Å²) in [4.78, 5) is 16.6. The van der Waals surface area contributed by atoms with E-state index in [4.69, 9.17) is 14.2 Å². The number of carbonyl (C=O) groups is 1. The Bertz CT molecular complexity index is 776. The average molecular weight is 385 g/mol. The number of rotatable bonds is 7. The molecule has 0 aliphatic carbocycles. The third-order valence-electron chi connectivity index (χ3n) is 4.78. The number of hydrogen-bond donors (Lipinski definition) is 1. The van der Waals surface area contributed by atoms with Crippen LogP contribution in [0.5, 0.6) is 11.5 Å². The number of benzene rings is 2. The molecule has 0 atom stereocenters. The number of nitrogens with zero attached hydrogens (tertiary/aromatic N) is 2. The molecule has 0 radical (unpaired) electrons. The van der Waals surface area contributed by atoms with E-state index < -0.39 is 6.09 Å². The van der Waals surface area contributed by atoms with Crippen LogP contribution in [0.3, 0.4) is 0 Å². The summed E-state index contributed by atoms with van der Waals surface area (Å²) in [5.41, 5.74) is 1.72. The second kappa shape index (κ2) is 9.85. The van der Waals surface area contributed by atoms with Crippen LogP contribution in [0, 0.1) is 0 Å². The molecule has 7 nitrogen and oxygen atoms in total. The van der Waals surface area contributed by atoms with Crippen molar-refractivity contribution in [3.63, 3.8) is 0 Å². The number of carbonyl (C=O) groups excluding carboxylic acids is 1. The van der Waals surface area contributed by atoms with Crippen molar-refractivity contribution in [2.75, 3.05) is 63.8 Å². The molecule has 1 saturated heterocycles. The number of anilines is 2. The van der Waals surface area contributed by atoms with Crippen LogP contribution in [0.4, 0.5) is 16.2 Å². The molecule has 28 heavy (non-hydrogen) atoms. The molecule has 0 unspecified atom stereocenters. The number of methoxy groups -OCH3 is 2. The van der Waals surface area contributed by atoms with Crippen LogP contribution in [-0.4, -0.2) is 64.5 Å². The van der Waals surface area contributed by atoms with Gasteiger partial charge in [0.1, 0.15) is 18.1 Å². The lowest BCUT2D eigenvalue weighted by atomic mass is 10.2. The molecule has 2 aromatic rings. The highest BCUT2D eigenvalue weighted by Gasteiger charge is 2.19. The first-order chi connectivity index (χ1) is 13.7. The molecule has 1 fully saturated rings. The minimum absolute atomic E-state index is 0.343. The van der Waals surface area contributed by atoms with Crippen molar-refractivity contribution in [2.24, 2.45) is 0 Å². The Morgan fingerprint density at radius 2 is 1.57 bits per heavy atom. The Hall–Kier alpha value is -2.93. The lowest BCUT2D eigenvalue weighted by Crippen LogP contribution is -2.47. The van der Waals surface area contributed by atoms with Crippen LogP contribution in [0.2, 0.25) is 0 Å². The highest BCUT2D eigenvalue weighted by atomic mass is 16.5. The fourth-order valence-electron chi connectivity index (χ4n) is 3.26. The van der Waals surface area contributed by atoms with Crippen LogP contribution in [-0.2, 0) is 4.74 Å². The van der Waals surface area contributed by atoms with Gasteiger partial charge in [-0.05, 0) is 24.3 Å². The average Bonchev–Trinajstić information content (AvgIpc) is 2.74. The Morgan fingerprint density at radius 1 is 0.929 bits per heavy atom. The van der Waals surface area contributed by atoms with Crippen LogP contribution < -0.4 is 19.7 Å². The molecule has 2 aromatic carbocycles. The standard InChI is InChI=1S/C21H27N3O4/c1-26-19-9-5-3-7-17(19)22-21(25)28-16-15-23-11-13-24(14-12-23)18-8-4-6-10-20(18)27-2/h3-10H,11-16H2,1-2H3,(H,22,25). The molecular weight excluding hydrogens is 358 g/mol. The van der Waals surface area contributed by atoms with Gasteiger partial charge in [-0.15, -0.1) is 0 Å². The first kappa shape index (κ1) is 19.8. The minimum atomic E-state index is -0.475. The van der Waals surface area contributed by atoms with Gasteiger partial charge in [0.05, 0.1) is 25.6 Å². The van der Waals surface area contributed by atoms with Crippen LogP contribution >= 0.6 is 0 Å². The van der Waals surface area contributed by atoms with E-state index in [1.807, 2.05) is 30.3 Å². The zero-order valence-corrected chi connectivity index (χ0v) is 16.4. The Labute approximate surface area is 165 Å². The topological polar surface area (TPSA) is 63.3 Å². The van der Waals surface area contributed by atoms with Crippen molar-refractivity contribution in [3.05, 3.63) is 48.5 Å². The molecule has 0 aromatic heterocycles. The summed E-state index contributed by atoms with van der Waals surface area (Å²) >= 11 is 0. The number of amides is 1. The van der Waals surface area contributed by atoms with E-state index in [1.165, 1.54) is 0 Å².